The second-order valence-corrected chi connectivity index (χ2v) is 5.43. The summed E-state index contributed by atoms with van der Waals surface area (Å²) < 4.78 is 26.8. The van der Waals surface area contributed by atoms with Gasteiger partial charge < -0.3 is 0 Å². The molecule has 0 saturated heterocycles. The molecule has 2 aromatic rings. The number of hydrogen-bond acceptors (Lipinski definition) is 0. The molecule has 94 valence electrons. The molecule has 0 amide bonds. The van der Waals surface area contributed by atoms with Crippen molar-refractivity contribution in [2.75, 3.05) is 0 Å². The first-order valence-corrected chi connectivity index (χ1v) is 6.70. The van der Waals surface area contributed by atoms with Crippen molar-refractivity contribution in [3.63, 3.8) is 0 Å². The maximum absolute atomic E-state index is 13.6. The van der Waals surface area contributed by atoms with E-state index >= 15 is 0 Å². The van der Waals surface area contributed by atoms with Gasteiger partial charge in [0.05, 0.1) is 14.9 Å². The van der Waals surface area contributed by atoms with E-state index in [-0.39, 0.29) is 5.56 Å². The molecular weight excluding hydrogens is 345 g/mol. The van der Waals surface area contributed by atoms with Crippen LogP contribution < -0.4 is 0 Å². The fraction of sp³-hybridized carbons (Fsp3) is 0.0769. The summed E-state index contributed by atoms with van der Waals surface area (Å²) in [6, 6.07) is 8.26. The van der Waals surface area contributed by atoms with Crippen molar-refractivity contribution >= 4 is 39.1 Å². The molecule has 0 aliphatic rings. The molecule has 0 heterocycles. The quantitative estimate of drug-likeness (QED) is 0.604. The molecule has 0 N–H and O–H groups in total. The van der Waals surface area contributed by atoms with Crippen molar-refractivity contribution in [3.05, 3.63) is 69.2 Å². The Morgan fingerprint density at radius 3 is 2.33 bits per heavy atom. The first-order chi connectivity index (χ1) is 8.49. The molecule has 0 aliphatic carbocycles. The normalized spacial score (nSPS) is 12.5. The second kappa shape index (κ2) is 5.55. The molecule has 1 unspecified atom stereocenters. The van der Waals surface area contributed by atoms with Crippen molar-refractivity contribution in [1.82, 2.24) is 0 Å². The highest BCUT2D eigenvalue weighted by atomic mass is 79.9. The highest BCUT2D eigenvalue weighted by molar-refractivity contribution is 9.09. The third-order valence-corrected chi connectivity index (χ3v) is 4.23. The fourth-order valence-corrected chi connectivity index (χ4v) is 2.50. The van der Waals surface area contributed by atoms with Gasteiger partial charge in [-0.2, -0.15) is 0 Å². The molecule has 0 saturated carbocycles. The van der Waals surface area contributed by atoms with Gasteiger partial charge in [-0.15, -0.1) is 0 Å². The Morgan fingerprint density at radius 1 is 0.944 bits per heavy atom. The Bertz CT molecular complexity index is 587. The van der Waals surface area contributed by atoms with Crippen LogP contribution in [0.25, 0.3) is 0 Å². The van der Waals surface area contributed by atoms with Crippen molar-refractivity contribution in [2.24, 2.45) is 0 Å². The minimum atomic E-state index is -0.490. The van der Waals surface area contributed by atoms with E-state index in [0.29, 0.717) is 15.6 Å². The summed E-state index contributed by atoms with van der Waals surface area (Å²) in [5, 5.41) is 0.787. The van der Waals surface area contributed by atoms with Crippen LogP contribution in [0, 0.1) is 11.6 Å². The highest BCUT2D eigenvalue weighted by Gasteiger charge is 2.16. The van der Waals surface area contributed by atoms with E-state index < -0.39 is 16.5 Å². The van der Waals surface area contributed by atoms with Crippen LogP contribution in [-0.2, 0) is 0 Å². The third-order valence-electron chi connectivity index (χ3n) is 2.47. The predicted molar refractivity (Wildman–Crippen MR) is 73.6 cm³/mol. The molecule has 0 bridgehead atoms. The standard InChI is InChI=1S/C13H7BrCl2F2/c14-13(7-1-3-10(15)11(16)5-7)9-6-8(17)2-4-12(9)18/h1-6,13H. The molecule has 18 heavy (non-hydrogen) atoms. The zero-order valence-electron chi connectivity index (χ0n) is 8.93. The Kier molecular flexibility index (Phi) is 4.25. The van der Waals surface area contributed by atoms with E-state index in [4.69, 9.17) is 23.2 Å². The molecule has 0 spiro atoms. The lowest BCUT2D eigenvalue weighted by Crippen LogP contribution is -1.97. The van der Waals surface area contributed by atoms with Crippen LogP contribution in [0.2, 0.25) is 10.0 Å². The second-order valence-electron chi connectivity index (χ2n) is 3.70. The topological polar surface area (TPSA) is 0 Å². The minimum absolute atomic E-state index is 0.216. The Morgan fingerprint density at radius 2 is 1.67 bits per heavy atom. The summed E-state index contributed by atoms with van der Waals surface area (Å²) in [7, 11) is 0. The minimum Gasteiger partial charge on any atom is -0.207 e. The molecule has 2 rings (SSSR count). The lowest BCUT2D eigenvalue weighted by atomic mass is 10.0. The summed E-state index contributed by atoms with van der Waals surface area (Å²) in [5.74, 6) is -0.972. The van der Waals surface area contributed by atoms with Crippen LogP contribution >= 0.6 is 39.1 Å². The van der Waals surface area contributed by atoms with Crippen molar-refractivity contribution in [2.45, 2.75) is 4.83 Å². The summed E-state index contributed by atoms with van der Waals surface area (Å²) in [6.45, 7) is 0. The SMILES string of the molecule is Fc1ccc(F)c(C(Br)c2ccc(Cl)c(Cl)c2)c1. The number of alkyl halides is 1. The fourth-order valence-electron chi connectivity index (χ4n) is 1.56. The zero-order valence-corrected chi connectivity index (χ0v) is 12.0. The largest absolute Gasteiger partial charge is 0.207 e. The first-order valence-electron chi connectivity index (χ1n) is 5.03. The molecule has 1 atom stereocenters. The monoisotopic (exact) mass is 350 g/mol. The Hall–Kier alpha value is -0.640. The number of halogens is 5. The average molecular weight is 352 g/mol. The smallest absolute Gasteiger partial charge is 0.128 e. The van der Waals surface area contributed by atoms with Crippen LogP contribution in [-0.4, -0.2) is 0 Å². The average Bonchev–Trinajstić information content (AvgIpc) is 2.35. The van der Waals surface area contributed by atoms with Gasteiger partial charge in [-0.05, 0) is 35.9 Å². The zero-order chi connectivity index (χ0) is 13.3. The van der Waals surface area contributed by atoms with Crippen molar-refractivity contribution in [3.8, 4) is 0 Å². The van der Waals surface area contributed by atoms with E-state index in [2.05, 4.69) is 15.9 Å². The lowest BCUT2D eigenvalue weighted by molar-refractivity contribution is 0.588. The number of benzene rings is 2. The van der Waals surface area contributed by atoms with Crippen molar-refractivity contribution < 1.29 is 8.78 Å². The summed E-state index contributed by atoms with van der Waals surface area (Å²) in [4.78, 5) is -0.483. The summed E-state index contributed by atoms with van der Waals surface area (Å²) in [6.07, 6.45) is 0. The van der Waals surface area contributed by atoms with Gasteiger partial charge in [-0.3, -0.25) is 0 Å². The Labute approximate surface area is 122 Å². The third kappa shape index (κ3) is 2.85. The predicted octanol–water partition coefficient (Wildman–Crippen LogP) is 5.76. The van der Waals surface area contributed by atoms with E-state index in [1.807, 2.05) is 0 Å². The van der Waals surface area contributed by atoms with Crippen LogP contribution in [0.15, 0.2) is 36.4 Å². The van der Waals surface area contributed by atoms with Gasteiger partial charge in [0.1, 0.15) is 11.6 Å². The maximum atomic E-state index is 13.6. The number of hydrogen-bond donors (Lipinski definition) is 0. The van der Waals surface area contributed by atoms with Gasteiger partial charge in [-0.1, -0.05) is 45.2 Å². The van der Waals surface area contributed by atoms with E-state index in [1.54, 1.807) is 18.2 Å². The van der Waals surface area contributed by atoms with E-state index in [9.17, 15) is 8.78 Å². The summed E-state index contributed by atoms with van der Waals surface area (Å²) >= 11 is 15.0. The van der Waals surface area contributed by atoms with Crippen molar-refractivity contribution in [1.29, 1.82) is 0 Å². The molecule has 0 radical (unpaired) electrons. The molecule has 0 fully saturated rings. The maximum Gasteiger partial charge on any atom is 0.128 e. The molecule has 2 aromatic carbocycles. The van der Waals surface area contributed by atoms with Crippen LogP contribution in [0.1, 0.15) is 16.0 Å². The molecule has 0 nitrogen and oxygen atoms in total. The molecule has 5 heteroatoms. The van der Waals surface area contributed by atoms with Gasteiger partial charge in [0.25, 0.3) is 0 Å². The number of rotatable bonds is 2. The van der Waals surface area contributed by atoms with Crippen LogP contribution in [0.5, 0.6) is 0 Å². The van der Waals surface area contributed by atoms with Gasteiger partial charge >= 0.3 is 0 Å². The molecular formula is C13H7BrCl2F2. The highest BCUT2D eigenvalue weighted by Crippen LogP contribution is 2.35. The van der Waals surface area contributed by atoms with Crippen LogP contribution in [0.3, 0.4) is 0 Å². The van der Waals surface area contributed by atoms with Crippen LogP contribution in [0.4, 0.5) is 8.78 Å². The lowest BCUT2D eigenvalue weighted by Gasteiger charge is -2.12. The van der Waals surface area contributed by atoms with Gasteiger partial charge in [0.2, 0.25) is 0 Å². The molecule has 0 aliphatic heterocycles. The summed E-state index contributed by atoms with van der Waals surface area (Å²) in [5.41, 5.74) is 0.919. The van der Waals surface area contributed by atoms with Gasteiger partial charge in [-0.25, -0.2) is 8.78 Å². The first kappa shape index (κ1) is 13.8. The molecule has 0 aromatic heterocycles. The van der Waals surface area contributed by atoms with E-state index in [0.717, 1.165) is 18.2 Å². The van der Waals surface area contributed by atoms with Gasteiger partial charge in [0.15, 0.2) is 0 Å². The van der Waals surface area contributed by atoms with Gasteiger partial charge in [0, 0.05) is 5.56 Å². The van der Waals surface area contributed by atoms with E-state index in [1.165, 1.54) is 0 Å². The Balaban J connectivity index is 2.44.